The third kappa shape index (κ3) is 6.04. The Morgan fingerprint density at radius 3 is 2.30 bits per heavy atom. The lowest BCUT2D eigenvalue weighted by Crippen LogP contribution is -2.29. The Labute approximate surface area is 194 Å². The first-order valence-corrected chi connectivity index (χ1v) is 12.0. The number of rotatable bonds is 10. The van der Waals surface area contributed by atoms with Gasteiger partial charge in [0.2, 0.25) is 15.7 Å². The molecule has 0 fully saturated rings. The third-order valence-electron chi connectivity index (χ3n) is 4.98. The highest BCUT2D eigenvalue weighted by atomic mass is 32.2. The maximum atomic E-state index is 13.2. The van der Waals surface area contributed by atoms with Crippen LogP contribution in [0.5, 0.6) is 11.5 Å². The minimum Gasteiger partial charge on any atom is -0.497 e. The van der Waals surface area contributed by atoms with E-state index in [1.165, 1.54) is 6.07 Å². The molecule has 0 atom stereocenters. The SMILES string of the molecule is CCOc1c(NCC(=O)NCc2ccc(OC)cc2)cccc1S(=O)(=O)c1ccc(C)cc1. The first-order chi connectivity index (χ1) is 15.8. The van der Waals surface area contributed by atoms with E-state index in [1.807, 2.05) is 31.2 Å². The summed E-state index contributed by atoms with van der Waals surface area (Å²) in [6.45, 7) is 4.28. The van der Waals surface area contributed by atoms with Crippen molar-refractivity contribution >= 4 is 21.4 Å². The first kappa shape index (κ1) is 24.1. The van der Waals surface area contributed by atoms with Crippen LogP contribution in [0.3, 0.4) is 0 Å². The molecule has 174 valence electrons. The molecule has 0 saturated heterocycles. The van der Waals surface area contributed by atoms with Gasteiger partial charge in [0.1, 0.15) is 10.6 Å². The molecule has 0 aliphatic heterocycles. The van der Waals surface area contributed by atoms with E-state index in [4.69, 9.17) is 9.47 Å². The van der Waals surface area contributed by atoms with Crippen LogP contribution in [-0.2, 0) is 21.2 Å². The van der Waals surface area contributed by atoms with Gasteiger partial charge >= 0.3 is 0 Å². The summed E-state index contributed by atoms with van der Waals surface area (Å²) in [4.78, 5) is 12.6. The molecule has 0 saturated carbocycles. The Hall–Kier alpha value is -3.52. The Morgan fingerprint density at radius 1 is 0.970 bits per heavy atom. The molecule has 0 bridgehead atoms. The highest BCUT2D eigenvalue weighted by Gasteiger charge is 2.24. The Bertz CT molecular complexity index is 1190. The number of hydrogen-bond donors (Lipinski definition) is 2. The quantitative estimate of drug-likeness (QED) is 0.468. The number of anilines is 1. The fourth-order valence-corrected chi connectivity index (χ4v) is 4.61. The zero-order valence-electron chi connectivity index (χ0n) is 18.9. The largest absolute Gasteiger partial charge is 0.497 e. The molecule has 3 aromatic rings. The predicted molar refractivity (Wildman–Crippen MR) is 128 cm³/mol. The number of methoxy groups -OCH3 is 1. The van der Waals surface area contributed by atoms with E-state index in [-0.39, 0.29) is 34.6 Å². The van der Waals surface area contributed by atoms with Crippen LogP contribution in [0.2, 0.25) is 0 Å². The molecule has 2 N–H and O–H groups in total. The number of amides is 1. The highest BCUT2D eigenvalue weighted by Crippen LogP contribution is 2.35. The maximum absolute atomic E-state index is 13.2. The molecule has 0 aliphatic rings. The number of carbonyl (C=O) groups excluding carboxylic acids is 1. The van der Waals surface area contributed by atoms with Gasteiger partial charge in [-0.05, 0) is 55.8 Å². The van der Waals surface area contributed by atoms with E-state index in [0.29, 0.717) is 12.2 Å². The average molecular weight is 469 g/mol. The summed E-state index contributed by atoms with van der Waals surface area (Å²) in [5.41, 5.74) is 2.34. The number of para-hydroxylation sites is 1. The summed E-state index contributed by atoms with van der Waals surface area (Å²) < 4.78 is 37.3. The van der Waals surface area contributed by atoms with Crippen molar-refractivity contribution in [3.05, 3.63) is 77.9 Å². The van der Waals surface area contributed by atoms with Gasteiger partial charge < -0.3 is 20.1 Å². The number of sulfone groups is 1. The molecular formula is C25H28N2O5S. The smallest absolute Gasteiger partial charge is 0.239 e. The second-order valence-electron chi connectivity index (χ2n) is 7.36. The first-order valence-electron chi connectivity index (χ1n) is 10.6. The van der Waals surface area contributed by atoms with E-state index in [9.17, 15) is 13.2 Å². The summed E-state index contributed by atoms with van der Waals surface area (Å²) in [7, 11) is -2.20. The van der Waals surface area contributed by atoms with Gasteiger partial charge in [-0.2, -0.15) is 0 Å². The third-order valence-corrected chi connectivity index (χ3v) is 6.77. The fraction of sp³-hybridized carbons (Fsp3) is 0.240. The number of aryl methyl sites for hydroxylation is 1. The minimum absolute atomic E-state index is 0.0374. The second-order valence-corrected chi connectivity index (χ2v) is 9.28. The zero-order valence-corrected chi connectivity index (χ0v) is 19.7. The van der Waals surface area contributed by atoms with Crippen molar-refractivity contribution in [2.45, 2.75) is 30.2 Å². The Morgan fingerprint density at radius 2 is 1.67 bits per heavy atom. The number of hydrogen-bond acceptors (Lipinski definition) is 6. The number of benzene rings is 3. The summed E-state index contributed by atoms with van der Waals surface area (Å²) >= 11 is 0. The molecule has 33 heavy (non-hydrogen) atoms. The fourth-order valence-electron chi connectivity index (χ4n) is 3.19. The predicted octanol–water partition coefficient (Wildman–Crippen LogP) is 3.96. The Balaban J connectivity index is 1.73. The molecule has 1 amide bonds. The number of carbonyl (C=O) groups is 1. The van der Waals surface area contributed by atoms with E-state index >= 15 is 0 Å². The van der Waals surface area contributed by atoms with E-state index in [1.54, 1.807) is 50.4 Å². The summed E-state index contributed by atoms with van der Waals surface area (Å²) in [6.07, 6.45) is 0. The van der Waals surface area contributed by atoms with Crippen LogP contribution in [0.15, 0.2) is 76.5 Å². The molecular weight excluding hydrogens is 440 g/mol. The minimum atomic E-state index is -3.80. The van der Waals surface area contributed by atoms with Gasteiger partial charge in [0, 0.05) is 6.54 Å². The van der Waals surface area contributed by atoms with E-state index in [2.05, 4.69) is 10.6 Å². The van der Waals surface area contributed by atoms with Crippen LogP contribution >= 0.6 is 0 Å². The van der Waals surface area contributed by atoms with Crippen LogP contribution in [0.25, 0.3) is 0 Å². The van der Waals surface area contributed by atoms with Crippen LogP contribution < -0.4 is 20.1 Å². The van der Waals surface area contributed by atoms with Gasteiger partial charge in [-0.3, -0.25) is 4.79 Å². The summed E-state index contributed by atoms with van der Waals surface area (Å²) in [5.74, 6) is 0.708. The maximum Gasteiger partial charge on any atom is 0.239 e. The molecule has 3 rings (SSSR count). The number of ether oxygens (including phenoxy) is 2. The van der Waals surface area contributed by atoms with Crippen LogP contribution in [0, 0.1) is 6.92 Å². The van der Waals surface area contributed by atoms with Gasteiger partial charge in [0.05, 0.1) is 30.8 Å². The highest BCUT2D eigenvalue weighted by molar-refractivity contribution is 7.91. The Kier molecular flexibility index (Phi) is 7.95. The zero-order chi connectivity index (χ0) is 23.8. The van der Waals surface area contributed by atoms with Gasteiger partial charge in [0.25, 0.3) is 0 Å². The van der Waals surface area contributed by atoms with Crippen molar-refractivity contribution in [3.63, 3.8) is 0 Å². The molecule has 8 heteroatoms. The lowest BCUT2D eigenvalue weighted by atomic mass is 10.2. The molecule has 0 spiro atoms. The van der Waals surface area contributed by atoms with Crippen LogP contribution in [0.1, 0.15) is 18.1 Å². The van der Waals surface area contributed by atoms with Gasteiger partial charge in [-0.15, -0.1) is 0 Å². The van der Waals surface area contributed by atoms with Crippen molar-refractivity contribution in [2.75, 3.05) is 25.6 Å². The van der Waals surface area contributed by atoms with Gasteiger partial charge in [-0.25, -0.2) is 8.42 Å². The van der Waals surface area contributed by atoms with Crippen molar-refractivity contribution in [2.24, 2.45) is 0 Å². The lowest BCUT2D eigenvalue weighted by molar-refractivity contribution is -0.119. The monoisotopic (exact) mass is 468 g/mol. The average Bonchev–Trinajstić information content (AvgIpc) is 2.82. The second kappa shape index (κ2) is 10.9. The van der Waals surface area contributed by atoms with E-state index in [0.717, 1.165) is 16.9 Å². The van der Waals surface area contributed by atoms with Crippen molar-refractivity contribution in [1.82, 2.24) is 5.32 Å². The van der Waals surface area contributed by atoms with Gasteiger partial charge in [-0.1, -0.05) is 35.9 Å². The topological polar surface area (TPSA) is 93.7 Å². The van der Waals surface area contributed by atoms with Crippen LogP contribution in [-0.4, -0.2) is 34.6 Å². The van der Waals surface area contributed by atoms with Crippen molar-refractivity contribution in [3.8, 4) is 11.5 Å². The van der Waals surface area contributed by atoms with Crippen molar-refractivity contribution < 1.29 is 22.7 Å². The molecule has 0 aromatic heterocycles. The normalized spacial score (nSPS) is 11.0. The molecule has 7 nitrogen and oxygen atoms in total. The standard InChI is InChI=1S/C25H28N2O5S/c1-4-32-25-22(26-17-24(28)27-16-19-10-12-20(31-3)13-11-19)6-5-7-23(25)33(29,30)21-14-8-18(2)9-15-21/h5-15,26H,4,16-17H2,1-3H3,(H,27,28). The summed E-state index contributed by atoms with van der Waals surface area (Å²) in [5, 5.41) is 5.84. The lowest BCUT2D eigenvalue weighted by Gasteiger charge is -2.16. The molecule has 0 aliphatic carbocycles. The van der Waals surface area contributed by atoms with Gasteiger partial charge in [0.15, 0.2) is 5.75 Å². The molecule has 0 unspecified atom stereocenters. The summed E-state index contributed by atoms with van der Waals surface area (Å²) in [6, 6.07) is 18.9. The number of nitrogens with one attached hydrogen (secondary N) is 2. The molecule has 0 radical (unpaired) electrons. The molecule has 0 heterocycles. The van der Waals surface area contributed by atoms with E-state index < -0.39 is 9.84 Å². The van der Waals surface area contributed by atoms with Crippen molar-refractivity contribution in [1.29, 1.82) is 0 Å². The van der Waals surface area contributed by atoms with Crippen LogP contribution in [0.4, 0.5) is 5.69 Å². The molecule has 3 aromatic carbocycles.